The summed E-state index contributed by atoms with van der Waals surface area (Å²) in [5, 5.41) is 0. The molecule has 0 aromatic heterocycles. The highest BCUT2D eigenvalue weighted by Gasteiger charge is 2.37. The largest absolute Gasteiger partial charge is 0.497 e. The Morgan fingerprint density at radius 1 is 1.12 bits per heavy atom. The first-order valence-electron chi connectivity index (χ1n) is 7.96. The molecule has 2 aromatic rings. The van der Waals surface area contributed by atoms with Gasteiger partial charge >= 0.3 is 0 Å². The Balaban J connectivity index is 2.04. The lowest BCUT2D eigenvalue weighted by Gasteiger charge is -2.26. The molecule has 0 unspecified atom stereocenters. The van der Waals surface area contributed by atoms with Gasteiger partial charge in [-0.1, -0.05) is 6.07 Å². The first kappa shape index (κ1) is 17.7. The van der Waals surface area contributed by atoms with Crippen LogP contribution in [0.1, 0.15) is 24.4 Å². The van der Waals surface area contributed by atoms with Gasteiger partial charge in [-0.25, -0.2) is 12.8 Å². The number of hydrogen-bond acceptors (Lipinski definition) is 4. The third-order valence-electron chi connectivity index (χ3n) is 4.40. The average molecular weight is 365 g/mol. The van der Waals surface area contributed by atoms with Crippen LogP contribution in [-0.4, -0.2) is 33.5 Å². The van der Waals surface area contributed by atoms with Crippen molar-refractivity contribution in [3.63, 3.8) is 0 Å². The minimum absolute atomic E-state index is 0.0405. The maximum Gasteiger partial charge on any atom is 0.243 e. The highest BCUT2D eigenvalue weighted by molar-refractivity contribution is 7.89. The Hall–Kier alpha value is -2.12. The number of rotatable bonds is 5. The molecule has 0 N–H and O–H groups in total. The van der Waals surface area contributed by atoms with Crippen LogP contribution in [0.5, 0.6) is 11.5 Å². The summed E-state index contributed by atoms with van der Waals surface area (Å²) in [6.07, 6.45) is 1.39. The molecule has 0 radical (unpaired) electrons. The molecular weight excluding hydrogens is 345 g/mol. The van der Waals surface area contributed by atoms with E-state index < -0.39 is 15.8 Å². The highest BCUT2D eigenvalue weighted by Crippen LogP contribution is 2.41. The molecule has 0 aliphatic carbocycles. The molecule has 1 aliphatic heterocycles. The molecule has 134 valence electrons. The van der Waals surface area contributed by atoms with Crippen LogP contribution in [0.3, 0.4) is 0 Å². The molecule has 0 bridgehead atoms. The summed E-state index contributed by atoms with van der Waals surface area (Å²) in [6.45, 7) is 0.379. The molecule has 5 nitrogen and oxygen atoms in total. The molecule has 1 atom stereocenters. The zero-order valence-corrected chi connectivity index (χ0v) is 14.9. The predicted molar refractivity (Wildman–Crippen MR) is 91.8 cm³/mol. The van der Waals surface area contributed by atoms with Gasteiger partial charge in [0.05, 0.1) is 25.2 Å². The van der Waals surface area contributed by atoms with Gasteiger partial charge in [0, 0.05) is 12.1 Å². The fourth-order valence-electron chi connectivity index (χ4n) is 3.20. The predicted octanol–water partition coefficient (Wildman–Crippen LogP) is 3.37. The zero-order valence-electron chi connectivity index (χ0n) is 14.1. The van der Waals surface area contributed by atoms with Crippen molar-refractivity contribution in [3.05, 3.63) is 53.8 Å². The molecule has 1 fully saturated rings. The Morgan fingerprint density at radius 3 is 2.60 bits per heavy atom. The second kappa shape index (κ2) is 7.01. The second-order valence-corrected chi connectivity index (χ2v) is 7.73. The first-order chi connectivity index (χ1) is 12.0. The van der Waals surface area contributed by atoms with Crippen molar-refractivity contribution >= 4 is 10.0 Å². The van der Waals surface area contributed by atoms with E-state index in [9.17, 15) is 12.8 Å². The molecule has 1 heterocycles. The minimum Gasteiger partial charge on any atom is -0.497 e. The third kappa shape index (κ3) is 3.34. The van der Waals surface area contributed by atoms with Crippen LogP contribution in [0.15, 0.2) is 47.4 Å². The van der Waals surface area contributed by atoms with Crippen LogP contribution < -0.4 is 9.47 Å². The summed E-state index contributed by atoms with van der Waals surface area (Å²) in [5.41, 5.74) is 0.749. The van der Waals surface area contributed by atoms with Crippen molar-refractivity contribution in [2.75, 3.05) is 20.8 Å². The van der Waals surface area contributed by atoms with Crippen LogP contribution in [-0.2, 0) is 10.0 Å². The van der Waals surface area contributed by atoms with Gasteiger partial charge in [-0.3, -0.25) is 0 Å². The van der Waals surface area contributed by atoms with Crippen molar-refractivity contribution < 1.29 is 22.3 Å². The van der Waals surface area contributed by atoms with Crippen molar-refractivity contribution in [2.45, 2.75) is 23.8 Å². The number of ether oxygens (including phenoxy) is 2. The van der Waals surface area contributed by atoms with Crippen molar-refractivity contribution in [1.29, 1.82) is 0 Å². The van der Waals surface area contributed by atoms with Crippen molar-refractivity contribution in [2.24, 2.45) is 0 Å². The summed E-state index contributed by atoms with van der Waals surface area (Å²) in [6, 6.07) is 10.0. The number of halogens is 1. The van der Waals surface area contributed by atoms with Crippen molar-refractivity contribution in [3.8, 4) is 11.5 Å². The topological polar surface area (TPSA) is 55.8 Å². The summed E-state index contributed by atoms with van der Waals surface area (Å²) in [4.78, 5) is -0.0405. The maximum atomic E-state index is 13.5. The van der Waals surface area contributed by atoms with Gasteiger partial charge in [-0.05, 0) is 49.2 Å². The van der Waals surface area contributed by atoms with E-state index in [1.807, 2.05) is 0 Å². The Morgan fingerprint density at radius 2 is 1.92 bits per heavy atom. The Bertz CT molecular complexity index is 869. The standard InChI is InChI=1S/C18H20FNO4S/c1-23-14-8-9-18(24-2)16(12-14)17-7-4-10-20(17)25(21,22)15-6-3-5-13(19)11-15/h3,5-6,8-9,11-12,17H,4,7,10H2,1-2H3/t17-/m0/s1. The lowest BCUT2D eigenvalue weighted by atomic mass is 10.0. The number of nitrogens with zero attached hydrogens (tertiary/aromatic N) is 1. The third-order valence-corrected chi connectivity index (χ3v) is 6.31. The molecule has 0 spiro atoms. The van der Waals surface area contributed by atoms with E-state index in [2.05, 4.69) is 0 Å². The molecule has 7 heteroatoms. The quantitative estimate of drug-likeness (QED) is 0.815. The summed E-state index contributed by atoms with van der Waals surface area (Å²) < 4.78 is 51.6. The molecule has 3 rings (SSSR count). The fourth-order valence-corrected chi connectivity index (χ4v) is 4.91. The monoisotopic (exact) mass is 365 g/mol. The molecule has 2 aromatic carbocycles. The van der Waals surface area contributed by atoms with Crippen LogP contribution >= 0.6 is 0 Å². The average Bonchev–Trinajstić information content (AvgIpc) is 3.11. The van der Waals surface area contributed by atoms with E-state index in [-0.39, 0.29) is 10.9 Å². The minimum atomic E-state index is -3.81. The van der Waals surface area contributed by atoms with Crippen LogP contribution in [0, 0.1) is 5.82 Å². The number of methoxy groups -OCH3 is 2. The van der Waals surface area contributed by atoms with E-state index in [1.54, 1.807) is 32.4 Å². The summed E-state index contributed by atoms with van der Waals surface area (Å²) in [7, 11) is -0.702. The smallest absolute Gasteiger partial charge is 0.243 e. The molecule has 25 heavy (non-hydrogen) atoms. The zero-order chi connectivity index (χ0) is 18.0. The number of benzene rings is 2. The van der Waals surface area contributed by atoms with Crippen LogP contribution in [0.25, 0.3) is 0 Å². The first-order valence-corrected chi connectivity index (χ1v) is 9.40. The highest BCUT2D eigenvalue weighted by atomic mass is 32.2. The van der Waals surface area contributed by atoms with Crippen LogP contribution in [0.2, 0.25) is 0 Å². The van der Waals surface area contributed by atoms with Gasteiger partial charge in [0.25, 0.3) is 0 Å². The molecular formula is C18H20FNO4S. The van der Waals surface area contributed by atoms with E-state index >= 15 is 0 Å². The molecule has 1 saturated heterocycles. The van der Waals surface area contributed by atoms with Gasteiger partial charge in [-0.2, -0.15) is 4.31 Å². The SMILES string of the molecule is COc1ccc(OC)c([C@@H]2CCCN2S(=O)(=O)c2cccc(F)c2)c1. The normalized spacial score (nSPS) is 18.3. The Labute approximate surface area is 147 Å². The fraction of sp³-hybridized carbons (Fsp3) is 0.333. The Kier molecular flexibility index (Phi) is 4.96. The van der Waals surface area contributed by atoms with Gasteiger partial charge in [0.15, 0.2) is 0 Å². The van der Waals surface area contributed by atoms with E-state index in [1.165, 1.54) is 22.5 Å². The molecule has 0 amide bonds. The molecule has 1 aliphatic rings. The van der Waals surface area contributed by atoms with Gasteiger partial charge in [0.2, 0.25) is 10.0 Å². The summed E-state index contributed by atoms with van der Waals surface area (Å²) >= 11 is 0. The van der Waals surface area contributed by atoms with Gasteiger partial charge < -0.3 is 9.47 Å². The van der Waals surface area contributed by atoms with E-state index in [0.29, 0.717) is 24.5 Å². The lowest BCUT2D eigenvalue weighted by molar-refractivity contribution is 0.361. The van der Waals surface area contributed by atoms with Crippen molar-refractivity contribution in [1.82, 2.24) is 4.31 Å². The van der Waals surface area contributed by atoms with Crippen LogP contribution in [0.4, 0.5) is 4.39 Å². The van der Waals surface area contributed by atoms with E-state index in [0.717, 1.165) is 18.1 Å². The van der Waals surface area contributed by atoms with E-state index in [4.69, 9.17) is 9.47 Å². The van der Waals surface area contributed by atoms with Gasteiger partial charge in [-0.15, -0.1) is 0 Å². The summed E-state index contributed by atoms with van der Waals surface area (Å²) in [5.74, 6) is 0.661. The van der Waals surface area contributed by atoms with Gasteiger partial charge in [0.1, 0.15) is 17.3 Å². The maximum absolute atomic E-state index is 13.5. The number of sulfonamides is 1. The second-order valence-electron chi connectivity index (χ2n) is 5.84. The lowest BCUT2D eigenvalue weighted by Crippen LogP contribution is -2.31. The molecule has 0 saturated carbocycles. The number of hydrogen-bond donors (Lipinski definition) is 0.